The van der Waals surface area contributed by atoms with Gasteiger partial charge in [-0.1, -0.05) is 0 Å². The Morgan fingerprint density at radius 3 is 2.94 bits per heavy atom. The molecule has 0 unspecified atom stereocenters. The van der Waals surface area contributed by atoms with Crippen LogP contribution in [0.1, 0.15) is 26.2 Å². The average Bonchev–Trinajstić information content (AvgIpc) is 2.37. The van der Waals surface area contributed by atoms with E-state index < -0.39 is 0 Å². The van der Waals surface area contributed by atoms with Crippen LogP contribution in [0.4, 0.5) is 0 Å². The van der Waals surface area contributed by atoms with Crippen LogP contribution in [0.5, 0.6) is 0 Å². The minimum atomic E-state index is 0.157. The van der Waals surface area contributed by atoms with Gasteiger partial charge in [-0.2, -0.15) is 0 Å². The van der Waals surface area contributed by atoms with Gasteiger partial charge in [-0.05, 0) is 39.3 Å². The van der Waals surface area contributed by atoms with Crippen LogP contribution in [-0.2, 0) is 9.53 Å². The normalized spacial score (nSPS) is 17.0. The molecule has 0 atom stereocenters. The minimum Gasteiger partial charge on any atom is -0.382 e. The van der Waals surface area contributed by atoms with E-state index in [1.807, 2.05) is 6.92 Å². The lowest BCUT2D eigenvalue weighted by atomic mass is 10.2. The van der Waals surface area contributed by atoms with Gasteiger partial charge in [-0.25, -0.2) is 0 Å². The maximum atomic E-state index is 11.5. The fourth-order valence-corrected chi connectivity index (χ4v) is 2.81. The number of piperidine rings is 1. The van der Waals surface area contributed by atoms with E-state index in [2.05, 4.69) is 10.6 Å². The molecule has 0 saturated carbocycles. The van der Waals surface area contributed by atoms with Gasteiger partial charge in [-0.3, -0.25) is 4.79 Å². The Kier molecular flexibility index (Phi) is 8.48. The van der Waals surface area contributed by atoms with Crippen LogP contribution in [0, 0.1) is 0 Å². The van der Waals surface area contributed by atoms with Crippen molar-refractivity contribution < 1.29 is 9.53 Å². The van der Waals surface area contributed by atoms with Crippen molar-refractivity contribution in [3.05, 3.63) is 0 Å². The van der Waals surface area contributed by atoms with Crippen LogP contribution in [-0.4, -0.2) is 49.8 Å². The molecule has 1 fully saturated rings. The highest BCUT2D eigenvalue weighted by Gasteiger charge is 2.14. The molecule has 0 aromatic carbocycles. The monoisotopic (exact) mass is 260 g/mol. The van der Waals surface area contributed by atoms with Crippen LogP contribution in [0.2, 0.25) is 0 Å². The van der Waals surface area contributed by atoms with Crippen molar-refractivity contribution in [2.24, 2.45) is 0 Å². The molecule has 0 aliphatic carbocycles. The first-order valence-corrected chi connectivity index (χ1v) is 7.54. The first kappa shape index (κ1) is 14.8. The zero-order valence-corrected chi connectivity index (χ0v) is 11.5. The lowest BCUT2D eigenvalue weighted by Gasteiger charge is -2.21. The van der Waals surface area contributed by atoms with Gasteiger partial charge in [0, 0.05) is 25.0 Å². The molecular weight excluding hydrogens is 236 g/mol. The van der Waals surface area contributed by atoms with E-state index in [1.54, 1.807) is 11.8 Å². The van der Waals surface area contributed by atoms with E-state index in [-0.39, 0.29) is 5.91 Å². The molecule has 0 aromatic heterocycles. The third kappa shape index (κ3) is 7.63. The summed E-state index contributed by atoms with van der Waals surface area (Å²) in [6.45, 7) is 6.37. The number of amides is 1. The Hall–Kier alpha value is -0.260. The second kappa shape index (κ2) is 9.74. The highest BCUT2D eigenvalue weighted by Crippen LogP contribution is 2.19. The summed E-state index contributed by atoms with van der Waals surface area (Å²) >= 11 is 1.79. The van der Waals surface area contributed by atoms with Crippen molar-refractivity contribution >= 4 is 17.7 Å². The number of carbonyl (C=O) groups excluding carboxylic acids is 1. The molecule has 17 heavy (non-hydrogen) atoms. The topological polar surface area (TPSA) is 50.4 Å². The lowest BCUT2D eigenvalue weighted by Crippen LogP contribution is -2.31. The van der Waals surface area contributed by atoms with Gasteiger partial charge in [0.1, 0.15) is 0 Å². The molecule has 1 heterocycles. The molecular formula is C12H24N2O2S. The molecule has 2 N–H and O–H groups in total. The average molecular weight is 260 g/mol. The Bertz CT molecular complexity index is 209. The third-order valence-electron chi connectivity index (χ3n) is 2.73. The molecule has 1 rings (SSSR count). The summed E-state index contributed by atoms with van der Waals surface area (Å²) in [5.74, 6) is 0.754. The Morgan fingerprint density at radius 2 is 2.24 bits per heavy atom. The highest BCUT2D eigenvalue weighted by molar-refractivity contribution is 8.00. The zero-order chi connectivity index (χ0) is 12.3. The Balaban J connectivity index is 1.93. The standard InChI is InChI=1S/C12H24N2O2S/c1-2-16-9-3-6-14-12(15)10-17-11-4-7-13-8-5-11/h11,13H,2-10H2,1H3,(H,14,15). The highest BCUT2D eigenvalue weighted by atomic mass is 32.2. The predicted molar refractivity (Wildman–Crippen MR) is 72.5 cm³/mol. The Morgan fingerprint density at radius 1 is 1.47 bits per heavy atom. The van der Waals surface area contributed by atoms with E-state index in [9.17, 15) is 4.79 Å². The molecule has 5 heteroatoms. The largest absolute Gasteiger partial charge is 0.382 e. The summed E-state index contributed by atoms with van der Waals surface area (Å²) in [5.41, 5.74) is 0. The molecule has 1 aliphatic rings. The zero-order valence-electron chi connectivity index (χ0n) is 10.7. The summed E-state index contributed by atoms with van der Waals surface area (Å²) < 4.78 is 5.21. The summed E-state index contributed by atoms with van der Waals surface area (Å²) in [7, 11) is 0. The summed E-state index contributed by atoms with van der Waals surface area (Å²) in [6, 6.07) is 0. The molecule has 100 valence electrons. The first-order chi connectivity index (χ1) is 8.33. The number of hydrogen-bond donors (Lipinski definition) is 2. The van der Waals surface area contributed by atoms with Crippen LogP contribution in [0.15, 0.2) is 0 Å². The van der Waals surface area contributed by atoms with Crippen LogP contribution >= 0.6 is 11.8 Å². The van der Waals surface area contributed by atoms with Gasteiger partial charge in [0.15, 0.2) is 0 Å². The summed E-state index contributed by atoms with van der Waals surface area (Å²) in [4.78, 5) is 11.5. The van der Waals surface area contributed by atoms with Gasteiger partial charge in [0.25, 0.3) is 0 Å². The molecule has 1 aliphatic heterocycles. The molecule has 4 nitrogen and oxygen atoms in total. The Labute approximate surface area is 108 Å². The van der Waals surface area contributed by atoms with Crippen molar-refractivity contribution in [2.75, 3.05) is 38.6 Å². The fraction of sp³-hybridized carbons (Fsp3) is 0.917. The van der Waals surface area contributed by atoms with Gasteiger partial charge in [0.05, 0.1) is 5.75 Å². The summed E-state index contributed by atoms with van der Waals surface area (Å²) in [6.07, 6.45) is 3.27. The number of nitrogens with one attached hydrogen (secondary N) is 2. The van der Waals surface area contributed by atoms with E-state index in [1.165, 1.54) is 12.8 Å². The predicted octanol–water partition coefficient (Wildman–Crippen LogP) is 1.01. The fourth-order valence-electron chi connectivity index (χ4n) is 1.75. The second-order valence-electron chi connectivity index (χ2n) is 4.16. The van der Waals surface area contributed by atoms with Gasteiger partial charge >= 0.3 is 0 Å². The molecule has 0 spiro atoms. The molecule has 0 radical (unpaired) electrons. The number of thioether (sulfide) groups is 1. The lowest BCUT2D eigenvalue weighted by molar-refractivity contribution is -0.118. The van der Waals surface area contributed by atoms with E-state index in [0.29, 0.717) is 11.0 Å². The van der Waals surface area contributed by atoms with E-state index >= 15 is 0 Å². The van der Waals surface area contributed by atoms with Crippen molar-refractivity contribution in [2.45, 2.75) is 31.4 Å². The van der Waals surface area contributed by atoms with Crippen LogP contribution in [0.3, 0.4) is 0 Å². The number of carbonyl (C=O) groups is 1. The van der Waals surface area contributed by atoms with Crippen molar-refractivity contribution in [3.8, 4) is 0 Å². The van der Waals surface area contributed by atoms with E-state index in [4.69, 9.17) is 4.74 Å². The van der Waals surface area contributed by atoms with Crippen molar-refractivity contribution in [3.63, 3.8) is 0 Å². The number of hydrogen-bond acceptors (Lipinski definition) is 4. The molecule has 0 aromatic rings. The number of rotatable bonds is 8. The minimum absolute atomic E-state index is 0.157. The smallest absolute Gasteiger partial charge is 0.230 e. The van der Waals surface area contributed by atoms with Gasteiger partial charge in [-0.15, -0.1) is 11.8 Å². The van der Waals surface area contributed by atoms with E-state index in [0.717, 1.165) is 39.3 Å². The van der Waals surface area contributed by atoms with Crippen LogP contribution < -0.4 is 10.6 Å². The van der Waals surface area contributed by atoms with Gasteiger partial charge < -0.3 is 15.4 Å². The molecule has 1 amide bonds. The van der Waals surface area contributed by atoms with Gasteiger partial charge in [0.2, 0.25) is 5.91 Å². The molecule has 0 bridgehead atoms. The van der Waals surface area contributed by atoms with Crippen molar-refractivity contribution in [1.82, 2.24) is 10.6 Å². The third-order valence-corrected chi connectivity index (χ3v) is 4.10. The quantitative estimate of drug-likeness (QED) is 0.640. The SMILES string of the molecule is CCOCCCNC(=O)CSC1CCNCC1. The molecule has 1 saturated heterocycles. The second-order valence-corrected chi connectivity index (χ2v) is 5.45. The number of ether oxygens (including phenoxy) is 1. The first-order valence-electron chi connectivity index (χ1n) is 6.49. The maximum Gasteiger partial charge on any atom is 0.230 e. The van der Waals surface area contributed by atoms with Crippen molar-refractivity contribution in [1.29, 1.82) is 0 Å². The summed E-state index contributed by atoms with van der Waals surface area (Å²) in [5, 5.41) is 6.91. The van der Waals surface area contributed by atoms with Crippen LogP contribution in [0.25, 0.3) is 0 Å². The maximum absolute atomic E-state index is 11.5.